The van der Waals surface area contributed by atoms with Gasteiger partial charge in [-0.3, -0.25) is 4.79 Å². The molecule has 0 atom stereocenters. The zero-order valence-corrected chi connectivity index (χ0v) is 40.5. The minimum absolute atomic E-state index is 0.172. The molecule has 7 aromatic rings. The average Bonchev–Trinajstić information content (AvgIpc) is 3.32. The molecule has 2 nitrogen and oxygen atoms in total. The normalized spacial score (nSPS) is 13.5. The lowest BCUT2D eigenvalue weighted by Crippen LogP contribution is -2.75. The number of alkyl halides is 24. The summed E-state index contributed by atoms with van der Waals surface area (Å²) < 4.78 is 343. The van der Waals surface area contributed by atoms with E-state index in [9.17, 15) is 110 Å². The highest BCUT2D eigenvalue weighted by Gasteiger charge is 2.47. The van der Waals surface area contributed by atoms with E-state index >= 15 is 0 Å². The van der Waals surface area contributed by atoms with Crippen molar-refractivity contribution in [2.24, 2.45) is 5.41 Å². The number of aromatic nitrogens is 1. The van der Waals surface area contributed by atoms with Gasteiger partial charge in [-0.15, -0.1) is 0 Å². The van der Waals surface area contributed by atoms with Crippen molar-refractivity contribution in [2.45, 2.75) is 76.7 Å². The number of Topliss-reactive ketones (excluding diaryl/α,β-unsaturated/α-hetero) is 1. The number of carbonyl (C=O) groups is 1. The Hall–Kier alpha value is -7.22. The van der Waals surface area contributed by atoms with Crippen LogP contribution < -0.4 is 26.4 Å². The Morgan fingerprint density at radius 3 is 0.887 bits per heavy atom. The van der Waals surface area contributed by atoms with E-state index in [1.165, 1.54) is 5.56 Å². The molecular weight excluding hydrogens is 1130 g/mol. The molecule has 6 aromatic carbocycles. The number of pyridine rings is 1. The van der Waals surface area contributed by atoms with E-state index in [4.69, 9.17) is 0 Å². The number of benzene rings is 6. The van der Waals surface area contributed by atoms with Gasteiger partial charge in [-0.2, -0.15) is 132 Å². The molecule has 0 saturated heterocycles. The lowest BCUT2D eigenvalue weighted by atomic mass is 9.12. The van der Waals surface area contributed by atoms with Gasteiger partial charge in [-0.05, 0) is 35.7 Å². The molecule has 27 heteroatoms. The van der Waals surface area contributed by atoms with Gasteiger partial charge in [-0.1, -0.05) is 118 Å². The largest absolute Gasteiger partial charge is 0.416 e. The van der Waals surface area contributed by atoms with Crippen LogP contribution in [0.3, 0.4) is 0 Å². The van der Waals surface area contributed by atoms with E-state index in [0.717, 1.165) is 16.5 Å². The average molecular weight is 1170 g/mol. The van der Waals surface area contributed by atoms with E-state index in [0.29, 0.717) is 6.54 Å². The fourth-order valence-corrected chi connectivity index (χ4v) is 8.85. The fraction of sp³-hybridized carbons (Fsp3) is 0.245. The van der Waals surface area contributed by atoms with Gasteiger partial charge in [0.15, 0.2) is 12.7 Å². The van der Waals surface area contributed by atoms with E-state index in [1.807, 2.05) is 63.4 Å². The van der Waals surface area contributed by atoms with E-state index in [2.05, 4.69) is 28.8 Å². The molecule has 0 aliphatic heterocycles. The summed E-state index contributed by atoms with van der Waals surface area (Å²) in [4.78, 5) is 13.1. The third-order valence-electron chi connectivity index (χ3n) is 12.5. The van der Waals surface area contributed by atoms with Gasteiger partial charge in [0.2, 0.25) is 5.78 Å². The van der Waals surface area contributed by atoms with Gasteiger partial charge < -0.3 is 0 Å². The quantitative estimate of drug-likeness (QED) is 0.0674. The first-order valence-electron chi connectivity index (χ1n) is 22.6. The molecule has 0 aliphatic rings. The highest BCUT2D eigenvalue weighted by Crippen LogP contribution is 2.42. The van der Waals surface area contributed by atoms with Crippen molar-refractivity contribution in [1.82, 2.24) is 0 Å². The zero-order chi connectivity index (χ0) is 60.4. The number of halogens is 24. The lowest BCUT2D eigenvalue weighted by molar-refractivity contribution is -0.689. The molecule has 0 fully saturated rings. The van der Waals surface area contributed by atoms with Crippen molar-refractivity contribution >= 4 is 44.6 Å². The van der Waals surface area contributed by atoms with Crippen LogP contribution in [0.4, 0.5) is 105 Å². The highest BCUT2D eigenvalue weighted by molar-refractivity contribution is 7.20. The Labute approximate surface area is 436 Å². The number of fused-ring (bicyclic) bond motifs is 1. The number of carbonyl (C=O) groups excluding carboxylic acids is 1. The van der Waals surface area contributed by atoms with Crippen molar-refractivity contribution in [3.05, 3.63) is 195 Å². The summed E-state index contributed by atoms with van der Waals surface area (Å²) in [7, 11) is 0. The molecule has 0 bridgehead atoms. The molecule has 0 spiro atoms. The third-order valence-corrected chi connectivity index (χ3v) is 12.5. The van der Waals surface area contributed by atoms with E-state index in [1.54, 1.807) is 0 Å². The molecular formula is C53H34BF24NO. The molecule has 7 rings (SSSR count). The predicted molar refractivity (Wildman–Crippen MR) is 244 cm³/mol. The summed E-state index contributed by atoms with van der Waals surface area (Å²) in [6.07, 6.45) is -52.8. The van der Waals surface area contributed by atoms with Gasteiger partial charge in [0.1, 0.15) is 6.15 Å². The Morgan fingerprint density at radius 1 is 0.362 bits per heavy atom. The van der Waals surface area contributed by atoms with Gasteiger partial charge in [0.05, 0.1) is 49.9 Å². The smallest absolute Gasteiger partial charge is 0.287 e. The minimum atomic E-state index is -6.13. The van der Waals surface area contributed by atoms with Gasteiger partial charge in [0.25, 0.3) is 5.69 Å². The standard InChI is InChI=1S/C32H12BF24.C21H22NO/c34-25(35,36)13-1-14(26(37,38)39)6-21(5-13)33(22-7-15(27(40,41)42)2-16(8-22)28(43,44)45,23-9-17(29(46,47)48)3-18(10-23)30(49,50)51)24-11-19(31(52,53)54)4-20(12-24)32(55,56)57;1-21(2,3)20(23)19-18-12-8-7-11-17(18)13-14-22(19)15-16-9-5-4-6-10-16/h1-12H;4-14H,15H2,1-3H3/q-1;+1. The van der Waals surface area contributed by atoms with Crippen LogP contribution in [0.5, 0.6) is 0 Å². The van der Waals surface area contributed by atoms with Gasteiger partial charge >= 0.3 is 49.4 Å². The first-order valence-corrected chi connectivity index (χ1v) is 22.6. The third kappa shape index (κ3) is 13.7. The fourth-order valence-electron chi connectivity index (χ4n) is 8.85. The number of nitrogens with zero attached hydrogens (tertiary/aromatic N) is 1. The molecule has 0 amide bonds. The molecule has 1 heterocycles. The summed E-state index contributed by atoms with van der Waals surface area (Å²) >= 11 is 0. The number of rotatable bonds is 7. The van der Waals surface area contributed by atoms with Crippen molar-refractivity contribution in [1.29, 1.82) is 0 Å². The first-order chi connectivity index (χ1) is 36.2. The van der Waals surface area contributed by atoms with Crippen molar-refractivity contribution in [2.75, 3.05) is 0 Å². The second-order valence-electron chi connectivity index (χ2n) is 19.2. The Kier molecular flexibility index (Phi) is 16.3. The first kappa shape index (κ1) is 62.0. The molecule has 0 radical (unpaired) electrons. The van der Waals surface area contributed by atoms with Crippen LogP contribution >= 0.6 is 0 Å². The SMILES string of the molecule is CC(C)(C)C(=O)c1c2ccccc2cc[n+]1Cc1ccccc1.FC(F)(F)c1cc([B-](c2cc(C(F)(F)F)cc(C(F)(F)F)c2)(c2cc(C(F)(F)F)cc(C(F)(F)F)c2)c2cc(C(F)(F)F)cc(C(F)(F)F)c2)cc(C(F)(F)F)c1. The monoisotopic (exact) mass is 1170 g/mol. The van der Waals surface area contributed by atoms with Crippen LogP contribution in [0, 0.1) is 5.41 Å². The van der Waals surface area contributed by atoms with Crippen LogP contribution in [-0.4, -0.2) is 11.9 Å². The summed E-state index contributed by atoms with van der Waals surface area (Å²) in [5, 5.41) is 2.12. The van der Waals surface area contributed by atoms with Crippen molar-refractivity contribution < 1.29 is 115 Å². The Morgan fingerprint density at radius 2 is 0.625 bits per heavy atom. The molecule has 428 valence electrons. The highest BCUT2D eigenvalue weighted by atomic mass is 19.4. The van der Waals surface area contributed by atoms with Crippen LogP contribution in [0.25, 0.3) is 10.8 Å². The van der Waals surface area contributed by atoms with Crippen molar-refractivity contribution in [3.8, 4) is 0 Å². The summed E-state index contributed by atoms with van der Waals surface area (Å²) in [5.74, 6) is 0.172. The Balaban J connectivity index is 0.000000370. The topological polar surface area (TPSA) is 20.9 Å². The van der Waals surface area contributed by atoms with Crippen LogP contribution in [0.1, 0.15) is 81.3 Å². The summed E-state index contributed by atoms with van der Waals surface area (Å²) in [6, 6.07) is 11.6. The number of hydrogen-bond donors (Lipinski definition) is 0. The van der Waals surface area contributed by atoms with Crippen molar-refractivity contribution in [3.63, 3.8) is 0 Å². The second-order valence-corrected chi connectivity index (χ2v) is 19.2. The maximum Gasteiger partial charge on any atom is 0.416 e. The van der Waals surface area contributed by atoms with Crippen LogP contribution in [-0.2, 0) is 56.0 Å². The van der Waals surface area contributed by atoms with E-state index in [-0.39, 0.29) is 5.78 Å². The number of ketones is 1. The maximum atomic E-state index is 14.2. The molecule has 80 heavy (non-hydrogen) atoms. The van der Waals surface area contributed by atoms with E-state index < -0.39 is 200 Å². The van der Waals surface area contributed by atoms with Gasteiger partial charge in [-0.25, -0.2) is 0 Å². The summed E-state index contributed by atoms with van der Waals surface area (Å²) in [5.41, 5.74) is -28.6. The zero-order valence-electron chi connectivity index (χ0n) is 40.5. The molecule has 0 unspecified atom stereocenters. The van der Waals surface area contributed by atoms with Crippen LogP contribution in [0.15, 0.2) is 140 Å². The molecule has 0 aliphatic carbocycles. The minimum Gasteiger partial charge on any atom is -0.287 e. The van der Waals surface area contributed by atoms with Crippen LogP contribution in [0.2, 0.25) is 0 Å². The lowest BCUT2D eigenvalue weighted by Gasteiger charge is -2.46. The predicted octanol–water partition coefficient (Wildman–Crippen LogP) is 15.6. The number of hydrogen-bond acceptors (Lipinski definition) is 1. The maximum absolute atomic E-state index is 14.2. The molecule has 0 N–H and O–H groups in total. The summed E-state index contributed by atoms with van der Waals surface area (Å²) in [6.45, 7) is 6.63. The molecule has 1 aromatic heterocycles. The molecule has 0 saturated carbocycles. The second kappa shape index (κ2) is 21.0. The van der Waals surface area contributed by atoms with Gasteiger partial charge in [0, 0.05) is 17.0 Å². The Bertz CT molecular complexity index is 2970.